The van der Waals surface area contributed by atoms with Gasteiger partial charge in [0, 0.05) is 11.4 Å². The average Bonchev–Trinajstić information content (AvgIpc) is 2.07. The number of benzene rings is 1. The largest absolute Gasteiger partial charge is 0.359 e. The quantitative estimate of drug-likeness (QED) is 0.770. The van der Waals surface area contributed by atoms with Crippen LogP contribution in [0.3, 0.4) is 0 Å². The lowest BCUT2D eigenvalue weighted by molar-refractivity contribution is 0.628. The van der Waals surface area contributed by atoms with E-state index in [-0.39, 0.29) is 5.82 Å². The molecule has 1 N–H and O–H groups in total. The molecule has 1 nitrogen and oxygen atoms in total. The number of hydrogen-bond donors (Lipinski definition) is 1. The molecule has 1 aromatic rings. The van der Waals surface area contributed by atoms with Gasteiger partial charge in [-0.1, -0.05) is 19.9 Å². The molecule has 0 amide bonds. The van der Waals surface area contributed by atoms with Gasteiger partial charge in [0.05, 0.1) is 0 Å². The minimum absolute atomic E-state index is 0.207. The lowest BCUT2D eigenvalue weighted by Crippen LogP contribution is -1.97. The lowest BCUT2D eigenvalue weighted by Gasteiger charge is -2.07. The monoisotopic (exact) mass is 193 g/mol. The SMILES string of the molecule is C/C(=C\C(C)C)Nc1ccc(F)cc1. The maximum atomic E-state index is 12.6. The molecule has 2 heteroatoms. The Morgan fingerprint density at radius 1 is 1.29 bits per heavy atom. The van der Waals surface area contributed by atoms with Crippen LogP contribution in [0.15, 0.2) is 36.0 Å². The highest BCUT2D eigenvalue weighted by Crippen LogP contribution is 2.11. The van der Waals surface area contributed by atoms with E-state index in [0.29, 0.717) is 5.92 Å². The maximum absolute atomic E-state index is 12.6. The van der Waals surface area contributed by atoms with Crippen LogP contribution >= 0.6 is 0 Å². The van der Waals surface area contributed by atoms with Crippen LogP contribution < -0.4 is 5.32 Å². The Balaban J connectivity index is 2.65. The van der Waals surface area contributed by atoms with Gasteiger partial charge in [-0.25, -0.2) is 4.39 Å². The van der Waals surface area contributed by atoms with Crippen molar-refractivity contribution in [2.75, 3.05) is 5.32 Å². The summed E-state index contributed by atoms with van der Waals surface area (Å²) in [5.74, 6) is 0.309. The van der Waals surface area contributed by atoms with E-state index in [2.05, 4.69) is 25.2 Å². The zero-order valence-corrected chi connectivity index (χ0v) is 8.84. The summed E-state index contributed by atoms with van der Waals surface area (Å²) in [5.41, 5.74) is 2.01. The van der Waals surface area contributed by atoms with E-state index in [0.717, 1.165) is 11.4 Å². The molecule has 0 radical (unpaired) electrons. The van der Waals surface area contributed by atoms with Gasteiger partial charge in [-0.05, 0) is 37.1 Å². The number of nitrogens with one attached hydrogen (secondary N) is 1. The predicted octanol–water partition coefficient (Wildman–Crippen LogP) is 3.80. The van der Waals surface area contributed by atoms with Gasteiger partial charge in [-0.3, -0.25) is 0 Å². The van der Waals surface area contributed by atoms with Crippen LogP contribution in [0.4, 0.5) is 10.1 Å². The van der Waals surface area contributed by atoms with E-state index in [1.54, 1.807) is 12.1 Å². The van der Waals surface area contributed by atoms with Gasteiger partial charge in [0.1, 0.15) is 5.82 Å². The second kappa shape index (κ2) is 4.80. The summed E-state index contributed by atoms with van der Waals surface area (Å²) in [6, 6.07) is 6.36. The first kappa shape index (κ1) is 10.8. The van der Waals surface area contributed by atoms with Gasteiger partial charge in [0.2, 0.25) is 0 Å². The fourth-order valence-corrected chi connectivity index (χ4v) is 1.30. The molecule has 0 unspecified atom stereocenters. The minimum Gasteiger partial charge on any atom is -0.359 e. The van der Waals surface area contributed by atoms with Crippen molar-refractivity contribution in [3.05, 3.63) is 41.9 Å². The van der Waals surface area contributed by atoms with Crippen LogP contribution in [-0.2, 0) is 0 Å². The average molecular weight is 193 g/mol. The standard InChI is InChI=1S/C12H16FN/c1-9(2)8-10(3)14-12-6-4-11(13)5-7-12/h4-9,14H,1-3H3/b10-8+. The molecule has 0 saturated heterocycles. The molecule has 0 heterocycles. The van der Waals surface area contributed by atoms with Crippen molar-refractivity contribution in [1.82, 2.24) is 0 Å². The molecule has 0 bridgehead atoms. The zero-order valence-electron chi connectivity index (χ0n) is 8.84. The number of hydrogen-bond acceptors (Lipinski definition) is 1. The minimum atomic E-state index is -0.207. The topological polar surface area (TPSA) is 12.0 Å². The van der Waals surface area contributed by atoms with Crippen molar-refractivity contribution >= 4 is 5.69 Å². The highest BCUT2D eigenvalue weighted by atomic mass is 19.1. The fraction of sp³-hybridized carbons (Fsp3) is 0.333. The highest BCUT2D eigenvalue weighted by molar-refractivity contribution is 5.47. The Morgan fingerprint density at radius 3 is 2.36 bits per heavy atom. The van der Waals surface area contributed by atoms with Crippen molar-refractivity contribution < 1.29 is 4.39 Å². The number of anilines is 1. The van der Waals surface area contributed by atoms with E-state index in [9.17, 15) is 4.39 Å². The molecular formula is C12H16FN. The van der Waals surface area contributed by atoms with Gasteiger partial charge >= 0.3 is 0 Å². The fourth-order valence-electron chi connectivity index (χ4n) is 1.30. The molecule has 0 spiro atoms. The van der Waals surface area contributed by atoms with Crippen molar-refractivity contribution in [2.24, 2.45) is 5.92 Å². The molecule has 14 heavy (non-hydrogen) atoms. The Hall–Kier alpha value is -1.31. The summed E-state index contributed by atoms with van der Waals surface area (Å²) < 4.78 is 12.6. The highest BCUT2D eigenvalue weighted by Gasteiger charge is 1.94. The Bertz CT molecular complexity index is 312. The molecule has 0 aliphatic heterocycles. The third-order valence-corrected chi connectivity index (χ3v) is 1.77. The predicted molar refractivity (Wildman–Crippen MR) is 58.6 cm³/mol. The van der Waals surface area contributed by atoms with Gasteiger partial charge < -0.3 is 5.32 Å². The van der Waals surface area contributed by atoms with E-state index < -0.39 is 0 Å². The van der Waals surface area contributed by atoms with Gasteiger partial charge in [-0.2, -0.15) is 0 Å². The maximum Gasteiger partial charge on any atom is 0.123 e. The lowest BCUT2D eigenvalue weighted by atomic mass is 10.2. The van der Waals surface area contributed by atoms with Crippen molar-refractivity contribution in [1.29, 1.82) is 0 Å². The molecule has 1 aromatic carbocycles. The smallest absolute Gasteiger partial charge is 0.123 e. The summed E-state index contributed by atoms with van der Waals surface area (Å²) in [6.07, 6.45) is 2.13. The third-order valence-electron chi connectivity index (χ3n) is 1.77. The van der Waals surface area contributed by atoms with Crippen molar-refractivity contribution in [2.45, 2.75) is 20.8 Å². The van der Waals surface area contributed by atoms with Crippen LogP contribution in [0.1, 0.15) is 20.8 Å². The van der Waals surface area contributed by atoms with Gasteiger partial charge in [0.25, 0.3) is 0 Å². The molecule has 0 saturated carbocycles. The molecule has 0 fully saturated rings. The number of rotatable bonds is 3. The summed E-state index contributed by atoms with van der Waals surface area (Å²) in [5, 5.41) is 3.19. The Kier molecular flexibility index (Phi) is 3.69. The number of allylic oxidation sites excluding steroid dienone is 2. The van der Waals surface area contributed by atoms with E-state index in [4.69, 9.17) is 0 Å². The van der Waals surface area contributed by atoms with Crippen LogP contribution in [0, 0.1) is 11.7 Å². The van der Waals surface area contributed by atoms with Crippen molar-refractivity contribution in [3.8, 4) is 0 Å². The molecule has 1 rings (SSSR count). The van der Waals surface area contributed by atoms with E-state index in [1.165, 1.54) is 12.1 Å². The molecule has 76 valence electrons. The molecule has 0 aliphatic carbocycles. The second-order valence-electron chi connectivity index (χ2n) is 3.73. The summed E-state index contributed by atoms with van der Waals surface area (Å²) in [6.45, 7) is 6.25. The molecule has 0 aromatic heterocycles. The van der Waals surface area contributed by atoms with Gasteiger partial charge in [-0.15, -0.1) is 0 Å². The second-order valence-corrected chi connectivity index (χ2v) is 3.73. The normalized spacial score (nSPS) is 11.9. The molecule has 0 aliphatic rings. The first-order chi connectivity index (χ1) is 6.58. The van der Waals surface area contributed by atoms with Crippen molar-refractivity contribution in [3.63, 3.8) is 0 Å². The summed E-state index contributed by atoms with van der Waals surface area (Å²) in [4.78, 5) is 0. The van der Waals surface area contributed by atoms with E-state index >= 15 is 0 Å². The summed E-state index contributed by atoms with van der Waals surface area (Å²) in [7, 11) is 0. The van der Waals surface area contributed by atoms with Crippen LogP contribution in [-0.4, -0.2) is 0 Å². The van der Waals surface area contributed by atoms with Crippen LogP contribution in [0.5, 0.6) is 0 Å². The van der Waals surface area contributed by atoms with Gasteiger partial charge in [0.15, 0.2) is 0 Å². The van der Waals surface area contributed by atoms with Crippen LogP contribution in [0.25, 0.3) is 0 Å². The van der Waals surface area contributed by atoms with Crippen LogP contribution in [0.2, 0.25) is 0 Å². The summed E-state index contributed by atoms with van der Waals surface area (Å²) >= 11 is 0. The van der Waals surface area contributed by atoms with E-state index in [1.807, 2.05) is 6.92 Å². The number of halogens is 1. The third kappa shape index (κ3) is 3.60. The molecule has 0 atom stereocenters. The zero-order chi connectivity index (χ0) is 10.6. The Labute approximate surface area is 84.6 Å². The molecular weight excluding hydrogens is 177 g/mol. The first-order valence-electron chi connectivity index (χ1n) is 4.79. The Morgan fingerprint density at radius 2 is 1.86 bits per heavy atom. The first-order valence-corrected chi connectivity index (χ1v) is 4.79.